The number of ether oxygens (including phenoxy) is 1. The fourth-order valence-corrected chi connectivity index (χ4v) is 3.08. The van der Waals surface area contributed by atoms with Crippen LogP contribution in [0, 0.1) is 11.3 Å². The van der Waals surface area contributed by atoms with Gasteiger partial charge in [-0.05, 0) is 45.6 Å². The average Bonchev–Trinajstić information content (AvgIpc) is 2.44. The number of hydrogen-bond donors (Lipinski definition) is 2. The van der Waals surface area contributed by atoms with Crippen LogP contribution in [0.5, 0.6) is 0 Å². The number of nitrogens with one attached hydrogen (secondary N) is 1. The lowest BCUT2D eigenvalue weighted by Gasteiger charge is -2.42. The summed E-state index contributed by atoms with van der Waals surface area (Å²) in [4.78, 5) is 2.50. The first-order chi connectivity index (χ1) is 9.99. The van der Waals surface area contributed by atoms with E-state index in [9.17, 15) is 0 Å². The van der Waals surface area contributed by atoms with Crippen molar-refractivity contribution in [3.63, 3.8) is 0 Å². The van der Waals surface area contributed by atoms with Gasteiger partial charge in [0.1, 0.15) is 0 Å². The van der Waals surface area contributed by atoms with Crippen molar-refractivity contribution in [2.75, 3.05) is 46.0 Å². The summed E-state index contributed by atoms with van der Waals surface area (Å²) < 4.78 is 5.81. The lowest BCUT2D eigenvalue weighted by atomic mass is 9.81. The molecule has 2 N–H and O–H groups in total. The highest BCUT2D eigenvalue weighted by molar-refractivity contribution is 4.88. The lowest BCUT2D eigenvalue weighted by molar-refractivity contribution is -0.0317. The monoisotopic (exact) mass is 300 g/mol. The second-order valence-electron chi connectivity index (χ2n) is 7.32. The Balaban J connectivity index is 2.61. The van der Waals surface area contributed by atoms with Crippen LogP contribution in [-0.4, -0.2) is 62.0 Å². The smallest absolute Gasteiger partial charge is 0.0546 e. The van der Waals surface area contributed by atoms with E-state index >= 15 is 0 Å². The molecule has 1 fully saturated rings. The van der Waals surface area contributed by atoms with Gasteiger partial charge in [-0.3, -0.25) is 0 Å². The Morgan fingerprint density at radius 2 is 2.05 bits per heavy atom. The number of aliphatic hydroxyl groups excluding tert-OH is 1. The Morgan fingerprint density at radius 1 is 1.29 bits per heavy atom. The number of aliphatic hydroxyl groups is 1. The van der Waals surface area contributed by atoms with Crippen LogP contribution in [0.25, 0.3) is 0 Å². The summed E-state index contributed by atoms with van der Waals surface area (Å²) in [6, 6.07) is 0.514. The summed E-state index contributed by atoms with van der Waals surface area (Å²) in [6.45, 7) is 15.2. The van der Waals surface area contributed by atoms with Gasteiger partial charge in [0, 0.05) is 44.3 Å². The summed E-state index contributed by atoms with van der Waals surface area (Å²) in [5.74, 6) is 0.683. The standard InChI is InChI=1S/C17H36N2O2/c1-15(2)11-18-12-17(7-5-10-21-14-17)13-19(16(3)4)8-6-9-20/h15-16,18,20H,5-14H2,1-4H3. The Hall–Kier alpha value is -0.160. The fourth-order valence-electron chi connectivity index (χ4n) is 3.08. The molecule has 1 aliphatic heterocycles. The molecule has 1 saturated heterocycles. The molecule has 0 amide bonds. The topological polar surface area (TPSA) is 44.7 Å². The molecule has 0 radical (unpaired) electrons. The minimum atomic E-state index is 0.229. The first-order valence-electron chi connectivity index (χ1n) is 8.62. The number of rotatable bonds is 10. The van der Waals surface area contributed by atoms with Crippen LogP contribution in [0.2, 0.25) is 0 Å². The minimum Gasteiger partial charge on any atom is -0.396 e. The van der Waals surface area contributed by atoms with Crippen molar-refractivity contribution in [1.29, 1.82) is 0 Å². The molecule has 0 spiro atoms. The van der Waals surface area contributed by atoms with E-state index in [1.807, 2.05) is 0 Å². The molecule has 1 aliphatic rings. The van der Waals surface area contributed by atoms with Crippen LogP contribution in [0.1, 0.15) is 47.0 Å². The normalized spacial score (nSPS) is 23.4. The lowest BCUT2D eigenvalue weighted by Crippen LogP contribution is -2.51. The maximum Gasteiger partial charge on any atom is 0.0546 e. The SMILES string of the molecule is CC(C)CNCC1(CN(CCCO)C(C)C)CCCOC1. The molecule has 1 heterocycles. The van der Waals surface area contributed by atoms with Gasteiger partial charge in [0.25, 0.3) is 0 Å². The fraction of sp³-hybridized carbons (Fsp3) is 1.00. The zero-order chi connectivity index (χ0) is 15.7. The first kappa shape index (κ1) is 18.9. The van der Waals surface area contributed by atoms with Gasteiger partial charge in [-0.15, -0.1) is 0 Å². The Morgan fingerprint density at radius 3 is 2.57 bits per heavy atom. The molecule has 4 heteroatoms. The van der Waals surface area contributed by atoms with Gasteiger partial charge in [-0.2, -0.15) is 0 Å². The first-order valence-corrected chi connectivity index (χ1v) is 8.62. The summed E-state index contributed by atoms with van der Waals surface area (Å²) in [7, 11) is 0. The van der Waals surface area contributed by atoms with E-state index in [1.165, 1.54) is 6.42 Å². The van der Waals surface area contributed by atoms with Gasteiger partial charge >= 0.3 is 0 Å². The Bertz CT molecular complexity index is 264. The minimum absolute atomic E-state index is 0.229. The molecule has 0 aromatic rings. The molecule has 21 heavy (non-hydrogen) atoms. The molecule has 0 aromatic heterocycles. The second-order valence-corrected chi connectivity index (χ2v) is 7.32. The van der Waals surface area contributed by atoms with Crippen LogP contribution >= 0.6 is 0 Å². The zero-order valence-electron chi connectivity index (χ0n) is 14.5. The Labute approximate surface area is 131 Å². The molecule has 0 saturated carbocycles. The Kier molecular flexibility index (Phi) is 8.79. The molecule has 4 nitrogen and oxygen atoms in total. The van der Waals surface area contributed by atoms with Crippen molar-refractivity contribution < 1.29 is 9.84 Å². The third-order valence-corrected chi connectivity index (χ3v) is 4.33. The highest BCUT2D eigenvalue weighted by Crippen LogP contribution is 2.30. The van der Waals surface area contributed by atoms with Gasteiger partial charge in [0.15, 0.2) is 0 Å². The quantitative estimate of drug-likeness (QED) is 0.649. The van der Waals surface area contributed by atoms with Crippen molar-refractivity contribution in [2.24, 2.45) is 11.3 Å². The van der Waals surface area contributed by atoms with E-state index in [0.717, 1.165) is 52.2 Å². The van der Waals surface area contributed by atoms with Crippen molar-refractivity contribution in [1.82, 2.24) is 10.2 Å². The molecule has 1 rings (SSSR count). The highest BCUT2D eigenvalue weighted by atomic mass is 16.5. The van der Waals surface area contributed by atoms with E-state index in [1.54, 1.807) is 0 Å². The predicted octanol–water partition coefficient (Wildman–Crippen LogP) is 2.12. The van der Waals surface area contributed by atoms with Gasteiger partial charge in [-0.25, -0.2) is 0 Å². The summed E-state index contributed by atoms with van der Waals surface area (Å²) in [6.07, 6.45) is 3.25. The van der Waals surface area contributed by atoms with Crippen molar-refractivity contribution in [3.05, 3.63) is 0 Å². The molecule has 0 bridgehead atoms. The van der Waals surface area contributed by atoms with Gasteiger partial charge < -0.3 is 20.1 Å². The van der Waals surface area contributed by atoms with E-state index in [4.69, 9.17) is 9.84 Å². The van der Waals surface area contributed by atoms with E-state index in [2.05, 4.69) is 37.9 Å². The number of nitrogens with zero attached hydrogens (tertiary/aromatic N) is 1. The third-order valence-electron chi connectivity index (χ3n) is 4.33. The maximum absolute atomic E-state index is 9.11. The van der Waals surface area contributed by atoms with Crippen molar-refractivity contribution in [2.45, 2.75) is 53.0 Å². The molecule has 0 aliphatic carbocycles. The second kappa shape index (κ2) is 9.78. The van der Waals surface area contributed by atoms with Gasteiger partial charge in [0.2, 0.25) is 0 Å². The third kappa shape index (κ3) is 7.09. The molecule has 1 unspecified atom stereocenters. The van der Waals surface area contributed by atoms with Crippen LogP contribution in [-0.2, 0) is 4.74 Å². The number of hydrogen-bond acceptors (Lipinski definition) is 4. The van der Waals surface area contributed by atoms with E-state index in [-0.39, 0.29) is 12.0 Å². The van der Waals surface area contributed by atoms with Crippen LogP contribution in [0.3, 0.4) is 0 Å². The van der Waals surface area contributed by atoms with Crippen molar-refractivity contribution >= 4 is 0 Å². The van der Waals surface area contributed by atoms with Crippen LogP contribution < -0.4 is 5.32 Å². The largest absolute Gasteiger partial charge is 0.396 e. The summed E-state index contributed by atoms with van der Waals surface area (Å²) in [5, 5.41) is 12.7. The zero-order valence-corrected chi connectivity index (χ0v) is 14.5. The summed E-state index contributed by atoms with van der Waals surface area (Å²) >= 11 is 0. The maximum atomic E-state index is 9.11. The molecular weight excluding hydrogens is 264 g/mol. The average molecular weight is 300 g/mol. The van der Waals surface area contributed by atoms with Crippen LogP contribution in [0.15, 0.2) is 0 Å². The van der Waals surface area contributed by atoms with Gasteiger partial charge in [0.05, 0.1) is 6.61 Å². The van der Waals surface area contributed by atoms with Crippen LogP contribution in [0.4, 0.5) is 0 Å². The molecular formula is C17H36N2O2. The van der Waals surface area contributed by atoms with Crippen molar-refractivity contribution in [3.8, 4) is 0 Å². The molecule has 1 atom stereocenters. The van der Waals surface area contributed by atoms with E-state index < -0.39 is 0 Å². The molecule has 126 valence electrons. The summed E-state index contributed by atoms with van der Waals surface area (Å²) in [5.41, 5.74) is 0.229. The van der Waals surface area contributed by atoms with Gasteiger partial charge in [-0.1, -0.05) is 13.8 Å². The van der Waals surface area contributed by atoms with E-state index in [0.29, 0.717) is 12.0 Å². The highest BCUT2D eigenvalue weighted by Gasteiger charge is 2.35. The predicted molar refractivity (Wildman–Crippen MR) is 88.6 cm³/mol. The molecule has 0 aromatic carbocycles.